The fraction of sp³-hybridized carbons (Fsp3) is 0.667. The van der Waals surface area contributed by atoms with Crippen LogP contribution in [-0.4, -0.2) is 21.3 Å². The van der Waals surface area contributed by atoms with E-state index in [-0.39, 0.29) is 6.54 Å². The van der Waals surface area contributed by atoms with Crippen LogP contribution >= 0.6 is 0 Å². The predicted octanol–water partition coefficient (Wildman–Crippen LogP) is 0.646. The van der Waals surface area contributed by atoms with Crippen LogP contribution in [0.5, 0.6) is 0 Å². The van der Waals surface area contributed by atoms with Crippen LogP contribution in [0.2, 0.25) is 0 Å². The molecule has 0 aromatic carbocycles. The molecule has 0 atom stereocenters. The van der Waals surface area contributed by atoms with E-state index in [9.17, 15) is 13.2 Å². The van der Waals surface area contributed by atoms with E-state index in [0.717, 1.165) is 10.9 Å². The van der Waals surface area contributed by atoms with Crippen LogP contribution < -0.4 is 5.73 Å². The van der Waals surface area contributed by atoms with Gasteiger partial charge in [-0.2, -0.15) is 13.2 Å². The van der Waals surface area contributed by atoms with Crippen molar-refractivity contribution in [3.63, 3.8) is 0 Å². The van der Waals surface area contributed by atoms with Gasteiger partial charge >= 0.3 is 6.18 Å². The summed E-state index contributed by atoms with van der Waals surface area (Å²) in [6.07, 6.45) is -2.91. The molecule has 0 unspecified atom stereocenters. The standard InChI is InChI=1S/C6H9F3N4/c7-6(8,9)5-12-11-4-13(5)3-1-2-10/h4H,1-3,10H2. The van der Waals surface area contributed by atoms with Gasteiger partial charge in [0.1, 0.15) is 6.33 Å². The fourth-order valence-electron chi connectivity index (χ4n) is 0.900. The van der Waals surface area contributed by atoms with Crippen LogP contribution in [0.3, 0.4) is 0 Å². The van der Waals surface area contributed by atoms with Gasteiger partial charge < -0.3 is 10.3 Å². The molecule has 0 bridgehead atoms. The first-order valence-corrected chi connectivity index (χ1v) is 3.71. The number of hydrogen-bond donors (Lipinski definition) is 1. The highest BCUT2D eigenvalue weighted by Crippen LogP contribution is 2.26. The summed E-state index contributed by atoms with van der Waals surface area (Å²) in [5, 5.41) is 6.18. The van der Waals surface area contributed by atoms with Crippen molar-refractivity contribution in [3.05, 3.63) is 12.2 Å². The zero-order valence-corrected chi connectivity index (χ0v) is 6.75. The minimum absolute atomic E-state index is 0.193. The normalized spacial score (nSPS) is 12.0. The third kappa shape index (κ3) is 2.41. The number of nitrogens with two attached hydrogens (primary N) is 1. The van der Waals surface area contributed by atoms with Gasteiger partial charge in [0.25, 0.3) is 0 Å². The first-order valence-electron chi connectivity index (χ1n) is 3.71. The Morgan fingerprint density at radius 1 is 1.46 bits per heavy atom. The van der Waals surface area contributed by atoms with Gasteiger partial charge in [-0.3, -0.25) is 0 Å². The van der Waals surface area contributed by atoms with Crippen LogP contribution in [0.25, 0.3) is 0 Å². The molecule has 0 aliphatic rings. The Morgan fingerprint density at radius 3 is 2.69 bits per heavy atom. The molecule has 1 heterocycles. The van der Waals surface area contributed by atoms with Gasteiger partial charge in [-0.1, -0.05) is 0 Å². The highest BCUT2D eigenvalue weighted by molar-refractivity contribution is 4.90. The second kappa shape index (κ2) is 3.73. The van der Waals surface area contributed by atoms with Crippen LogP contribution in [0.1, 0.15) is 12.2 Å². The fourth-order valence-corrected chi connectivity index (χ4v) is 0.900. The number of nitrogens with zero attached hydrogens (tertiary/aromatic N) is 3. The van der Waals surface area contributed by atoms with Gasteiger partial charge in [0.2, 0.25) is 5.82 Å². The lowest BCUT2D eigenvalue weighted by Gasteiger charge is -2.07. The molecule has 0 saturated carbocycles. The van der Waals surface area contributed by atoms with Crippen LogP contribution in [0.15, 0.2) is 6.33 Å². The Kier molecular flexibility index (Phi) is 2.86. The van der Waals surface area contributed by atoms with Crippen molar-refractivity contribution < 1.29 is 13.2 Å². The molecule has 74 valence electrons. The van der Waals surface area contributed by atoms with E-state index >= 15 is 0 Å². The summed E-state index contributed by atoms with van der Waals surface area (Å²) in [6, 6.07) is 0. The molecule has 13 heavy (non-hydrogen) atoms. The smallest absolute Gasteiger partial charge is 0.330 e. The number of aromatic nitrogens is 3. The molecule has 0 amide bonds. The number of alkyl halides is 3. The molecule has 0 saturated heterocycles. The lowest BCUT2D eigenvalue weighted by molar-refractivity contribution is -0.147. The lowest BCUT2D eigenvalue weighted by Crippen LogP contribution is -2.16. The second-order valence-electron chi connectivity index (χ2n) is 2.49. The molecule has 0 aliphatic carbocycles. The summed E-state index contributed by atoms with van der Waals surface area (Å²) < 4.78 is 37.4. The molecule has 1 rings (SSSR count). The molecule has 2 N–H and O–H groups in total. The molecule has 0 spiro atoms. The third-order valence-electron chi connectivity index (χ3n) is 1.47. The number of aryl methyl sites for hydroxylation is 1. The Labute approximate surface area is 72.6 Å². The molecule has 4 nitrogen and oxygen atoms in total. The summed E-state index contributed by atoms with van der Waals surface area (Å²) in [7, 11) is 0. The van der Waals surface area contributed by atoms with E-state index in [2.05, 4.69) is 10.2 Å². The van der Waals surface area contributed by atoms with E-state index in [1.807, 2.05) is 0 Å². The maximum atomic E-state index is 12.2. The minimum atomic E-state index is -4.44. The van der Waals surface area contributed by atoms with E-state index in [4.69, 9.17) is 5.73 Å². The molecular weight excluding hydrogens is 185 g/mol. The van der Waals surface area contributed by atoms with Gasteiger partial charge in [-0.05, 0) is 13.0 Å². The van der Waals surface area contributed by atoms with Gasteiger partial charge in [0, 0.05) is 6.54 Å². The van der Waals surface area contributed by atoms with Gasteiger partial charge in [0.05, 0.1) is 0 Å². The minimum Gasteiger partial charge on any atom is -0.330 e. The van der Waals surface area contributed by atoms with Crippen molar-refractivity contribution in [3.8, 4) is 0 Å². The average Bonchev–Trinajstić information content (AvgIpc) is 2.47. The van der Waals surface area contributed by atoms with Gasteiger partial charge in [-0.25, -0.2) is 0 Å². The third-order valence-corrected chi connectivity index (χ3v) is 1.47. The summed E-state index contributed by atoms with van der Waals surface area (Å²) in [5.41, 5.74) is 5.17. The number of rotatable bonds is 3. The summed E-state index contributed by atoms with van der Waals surface area (Å²) >= 11 is 0. The first kappa shape index (κ1) is 9.97. The summed E-state index contributed by atoms with van der Waals surface area (Å²) in [6.45, 7) is 0.536. The monoisotopic (exact) mass is 194 g/mol. The Morgan fingerprint density at radius 2 is 2.15 bits per heavy atom. The Bertz CT molecular complexity index is 267. The average molecular weight is 194 g/mol. The lowest BCUT2D eigenvalue weighted by atomic mass is 10.4. The molecule has 0 aliphatic heterocycles. The number of hydrogen-bond acceptors (Lipinski definition) is 3. The zero-order valence-electron chi connectivity index (χ0n) is 6.75. The van der Waals surface area contributed by atoms with E-state index in [0.29, 0.717) is 13.0 Å². The summed E-state index contributed by atoms with van der Waals surface area (Å²) in [4.78, 5) is 0. The van der Waals surface area contributed by atoms with Crippen molar-refractivity contribution >= 4 is 0 Å². The Balaban J connectivity index is 2.77. The van der Waals surface area contributed by atoms with Crippen molar-refractivity contribution in [2.24, 2.45) is 5.73 Å². The van der Waals surface area contributed by atoms with Crippen molar-refractivity contribution in [2.75, 3.05) is 6.54 Å². The van der Waals surface area contributed by atoms with Crippen molar-refractivity contribution in [2.45, 2.75) is 19.1 Å². The second-order valence-corrected chi connectivity index (χ2v) is 2.49. The highest BCUT2D eigenvalue weighted by atomic mass is 19.4. The van der Waals surface area contributed by atoms with Gasteiger partial charge in [-0.15, -0.1) is 10.2 Å². The SMILES string of the molecule is NCCCn1cnnc1C(F)(F)F. The van der Waals surface area contributed by atoms with E-state index in [1.54, 1.807) is 0 Å². The largest absolute Gasteiger partial charge is 0.451 e. The predicted molar refractivity (Wildman–Crippen MR) is 38.7 cm³/mol. The zero-order chi connectivity index (χ0) is 9.90. The Hall–Kier alpha value is -1.11. The highest BCUT2D eigenvalue weighted by Gasteiger charge is 2.36. The van der Waals surface area contributed by atoms with E-state index in [1.165, 1.54) is 0 Å². The topological polar surface area (TPSA) is 56.7 Å². The van der Waals surface area contributed by atoms with Gasteiger partial charge in [0.15, 0.2) is 0 Å². The molecular formula is C6H9F3N4. The quantitative estimate of drug-likeness (QED) is 0.768. The van der Waals surface area contributed by atoms with Crippen LogP contribution in [-0.2, 0) is 12.7 Å². The molecule has 1 aromatic heterocycles. The van der Waals surface area contributed by atoms with Crippen LogP contribution in [0.4, 0.5) is 13.2 Å². The number of halogens is 3. The maximum Gasteiger partial charge on any atom is 0.451 e. The molecule has 1 aromatic rings. The molecule has 7 heteroatoms. The van der Waals surface area contributed by atoms with E-state index < -0.39 is 12.0 Å². The molecule has 0 radical (unpaired) electrons. The first-order chi connectivity index (χ1) is 6.05. The summed E-state index contributed by atoms with van der Waals surface area (Å²) in [5.74, 6) is -0.971. The van der Waals surface area contributed by atoms with Crippen molar-refractivity contribution in [1.29, 1.82) is 0 Å². The maximum absolute atomic E-state index is 12.2. The van der Waals surface area contributed by atoms with Crippen molar-refractivity contribution in [1.82, 2.24) is 14.8 Å². The van der Waals surface area contributed by atoms with Crippen LogP contribution in [0, 0.1) is 0 Å². The molecule has 0 fully saturated rings.